The van der Waals surface area contributed by atoms with Gasteiger partial charge in [0.05, 0.1) is 11.6 Å². The minimum absolute atomic E-state index is 0.0459. The summed E-state index contributed by atoms with van der Waals surface area (Å²) in [6.07, 6.45) is 0.628. The molecule has 1 spiro atoms. The summed E-state index contributed by atoms with van der Waals surface area (Å²) in [5.74, 6) is -1.11. The first-order valence-electron chi connectivity index (χ1n) is 7.97. The molecule has 0 fully saturated rings. The molecular formula is C19H16FNO3. The average Bonchev–Trinajstić information content (AvgIpc) is 2.89. The molecule has 4 rings (SSSR count). The van der Waals surface area contributed by atoms with Crippen LogP contribution in [0.5, 0.6) is 5.75 Å². The van der Waals surface area contributed by atoms with Crippen LogP contribution in [0.4, 0.5) is 10.1 Å². The Morgan fingerprint density at radius 3 is 2.92 bits per heavy atom. The summed E-state index contributed by atoms with van der Waals surface area (Å²) in [6, 6.07) is 11.4. The lowest BCUT2D eigenvalue weighted by Gasteiger charge is -2.38. The van der Waals surface area contributed by atoms with Crippen molar-refractivity contribution in [1.29, 1.82) is 0 Å². The van der Waals surface area contributed by atoms with Crippen molar-refractivity contribution < 1.29 is 18.7 Å². The number of hydrogen-bond donors (Lipinski definition) is 1. The third-order valence-corrected chi connectivity index (χ3v) is 4.92. The van der Waals surface area contributed by atoms with Crippen molar-refractivity contribution >= 4 is 17.4 Å². The van der Waals surface area contributed by atoms with E-state index < -0.39 is 17.4 Å². The van der Waals surface area contributed by atoms with E-state index in [0.717, 1.165) is 0 Å². The first-order valence-corrected chi connectivity index (χ1v) is 7.97. The monoisotopic (exact) mass is 325 g/mol. The molecule has 24 heavy (non-hydrogen) atoms. The highest BCUT2D eigenvalue weighted by Crippen LogP contribution is 2.49. The molecule has 0 saturated carbocycles. The van der Waals surface area contributed by atoms with Crippen molar-refractivity contribution in [3.8, 4) is 5.75 Å². The van der Waals surface area contributed by atoms with Gasteiger partial charge in [-0.1, -0.05) is 25.1 Å². The van der Waals surface area contributed by atoms with Gasteiger partial charge in [0.25, 0.3) is 0 Å². The molecule has 2 unspecified atom stereocenters. The number of nitrogens with one attached hydrogen (secondary N) is 1. The minimum Gasteiger partial charge on any atom is -0.422 e. The summed E-state index contributed by atoms with van der Waals surface area (Å²) < 4.78 is 19.2. The number of halogens is 1. The first kappa shape index (κ1) is 14.9. The maximum Gasteiger partial charge on any atom is 0.342 e. The second-order valence-corrected chi connectivity index (χ2v) is 6.20. The predicted molar refractivity (Wildman–Crippen MR) is 86.3 cm³/mol. The van der Waals surface area contributed by atoms with Gasteiger partial charge in [-0.25, -0.2) is 9.18 Å². The Hall–Kier alpha value is -2.69. The van der Waals surface area contributed by atoms with Gasteiger partial charge < -0.3 is 10.1 Å². The number of anilines is 1. The number of fused-ring (bicyclic) bond motifs is 3. The van der Waals surface area contributed by atoms with Gasteiger partial charge in [-0.15, -0.1) is 0 Å². The van der Waals surface area contributed by atoms with Gasteiger partial charge in [-0.2, -0.15) is 0 Å². The molecule has 0 aromatic heterocycles. The van der Waals surface area contributed by atoms with Crippen LogP contribution in [0.15, 0.2) is 42.5 Å². The van der Waals surface area contributed by atoms with Gasteiger partial charge in [0.1, 0.15) is 11.6 Å². The van der Waals surface area contributed by atoms with E-state index in [0.29, 0.717) is 35.4 Å². The molecule has 2 aromatic rings. The fraction of sp³-hybridized carbons (Fsp3) is 0.263. The number of ketones is 1. The van der Waals surface area contributed by atoms with E-state index in [1.807, 2.05) is 6.07 Å². The van der Waals surface area contributed by atoms with Crippen molar-refractivity contribution in [2.75, 3.05) is 5.32 Å². The van der Waals surface area contributed by atoms with Crippen molar-refractivity contribution in [2.45, 2.75) is 25.3 Å². The smallest absolute Gasteiger partial charge is 0.342 e. The lowest BCUT2D eigenvalue weighted by atomic mass is 9.79. The topological polar surface area (TPSA) is 55.4 Å². The summed E-state index contributed by atoms with van der Waals surface area (Å²) in [7, 11) is 0. The van der Waals surface area contributed by atoms with E-state index in [9.17, 15) is 14.0 Å². The molecule has 2 atom stereocenters. The average molecular weight is 325 g/mol. The summed E-state index contributed by atoms with van der Waals surface area (Å²) in [5, 5.41) is 3.25. The van der Waals surface area contributed by atoms with E-state index in [1.165, 1.54) is 12.1 Å². The van der Waals surface area contributed by atoms with Crippen LogP contribution in [-0.4, -0.2) is 11.8 Å². The Kier molecular flexibility index (Phi) is 3.20. The third kappa shape index (κ3) is 1.90. The van der Waals surface area contributed by atoms with E-state index in [4.69, 9.17) is 4.74 Å². The van der Waals surface area contributed by atoms with E-state index in [-0.39, 0.29) is 11.6 Å². The maximum atomic E-state index is 13.6. The van der Waals surface area contributed by atoms with Gasteiger partial charge in [-0.05, 0) is 41.8 Å². The standard InChI is InChI=1S/C19H16FNO3/c1-2-16(22)14-10-11-9-12(20)7-8-13(11)19(14)18(23)24-17-6-4-3-5-15(17)21-19/h3-9,14,21H,2,10H2,1H3. The van der Waals surface area contributed by atoms with Gasteiger partial charge >= 0.3 is 5.97 Å². The quantitative estimate of drug-likeness (QED) is 0.680. The molecule has 0 amide bonds. The van der Waals surface area contributed by atoms with Crippen molar-refractivity contribution in [2.24, 2.45) is 5.92 Å². The summed E-state index contributed by atoms with van der Waals surface area (Å²) in [6.45, 7) is 1.77. The zero-order valence-corrected chi connectivity index (χ0v) is 13.1. The molecule has 2 aliphatic rings. The van der Waals surface area contributed by atoms with Crippen LogP contribution >= 0.6 is 0 Å². The van der Waals surface area contributed by atoms with Crippen LogP contribution in [-0.2, 0) is 21.5 Å². The SMILES string of the molecule is CCC(=O)C1Cc2cc(F)ccc2C12Nc1ccccc1OC2=O. The van der Waals surface area contributed by atoms with Gasteiger partial charge in [0, 0.05) is 6.42 Å². The molecule has 1 aliphatic carbocycles. The molecule has 2 aromatic carbocycles. The number of benzene rings is 2. The number of rotatable bonds is 2. The van der Waals surface area contributed by atoms with Crippen LogP contribution in [0.2, 0.25) is 0 Å². The Bertz CT molecular complexity index is 863. The van der Waals surface area contributed by atoms with Crippen LogP contribution in [0, 0.1) is 11.7 Å². The number of carbonyl (C=O) groups is 2. The number of Topliss-reactive ketones (excluding diaryl/α,β-unsaturated/α-hetero) is 1. The molecule has 1 aliphatic heterocycles. The van der Waals surface area contributed by atoms with Crippen LogP contribution in [0.3, 0.4) is 0 Å². The van der Waals surface area contributed by atoms with E-state index in [2.05, 4.69) is 5.32 Å². The minimum atomic E-state index is -1.29. The number of ether oxygens (including phenoxy) is 1. The van der Waals surface area contributed by atoms with Gasteiger partial charge in [-0.3, -0.25) is 4.79 Å². The molecule has 4 nitrogen and oxygen atoms in total. The first-order chi connectivity index (χ1) is 11.6. The lowest BCUT2D eigenvalue weighted by Crippen LogP contribution is -2.54. The second kappa shape index (κ2) is 5.16. The van der Waals surface area contributed by atoms with Gasteiger partial charge in [0.15, 0.2) is 11.3 Å². The molecule has 0 radical (unpaired) electrons. The summed E-state index contributed by atoms with van der Waals surface area (Å²) in [4.78, 5) is 25.5. The second-order valence-electron chi connectivity index (χ2n) is 6.20. The van der Waals surface area contributed by atoms with Crippen LogP contribution < -0.4 is 10.1 Å². The molecule has 5 heteroatoms. The van der Waals surface area contributed by atoms with E-state index in [1.54, 1.807) is 31.2 Å². The van der Waals surface area contributed by atoms with Crippen molar-refractivity contribution in [3.63, 3.8) is 0 Å². The molecule has 1 heterocycles. The lowest BCUT2D eigenvalue weighted by molar-refractivity contribution is -0.145. The fourth-order valence-corrected chi connectivity index (χ4v) is 3.79. The summed E-state index contributed by atoms with van der Waals surface area (Å²) >= 11 is 0. The summed E-state index contributed by atoms with van der Waals surface area (Å²) in [5.41, 5.74) is 0.661. The van der Waals surface area contributed by atoms with Crippen molar-refractivity contribution in [3.05, 3.63) is 59.4 Å². The van der Waals surface area contributed by atoms with E-state index >= 15 is 0 Å². The number of esters is 1. The highest BCUT2D eigenvalue weighted by molar-refractivity contribution is 6.00. The maximum absolute atomic E-state index is 13.6. The van der Waals surface area contributed by atoms with Crippen molar-refractivity contribution in [1.82, 2.24) is 0 Å². The molecule has 122 valence electrons. The molecular weight excluding hydrogens is 309 g/mol. The largest absolute Gasteiger partial charge is 0.422 e. The Balaban J connectivity index is 1.93. The number of hydrogen-bond acceptors (Lipinski definition) is 4. The number of carbonyl (C=O) groups excluding carboxylic acids is 2. The van der Waals surface area contributed by atoms with Gasteiger partial charge in [0.2, 0.25) is 0 Å². The predicted octanol–water partition coefficient (Wildman–Crippen LogP) is 3.20. The van der Waals surface area contributed by atoms with Crippen LogP contribution in [0.25, 0.3) is 0 Å². The third-order valence-electron chi connectivity index (χ3n) is 4.92. The molecule has 1 N–H and O–H groups in total. The zero-order chi connectivity index (χ0) is 16.9. The fourth-order valence-electron chi connectivity index (χ4n) is 3.79. The highest BCUT2D eigenvalue weighted by atomic mass is 19.1. The Morgan fingerprint density at radius 2 is 2.12 bits per heavy atom. The number of para-hydroxylation sites is 2. The zero-order valence-electron chi connectivity index (χ0n) is 13.1. The Morgan fingerprint density at radius 1 is 1.33 bits per heavy atom. The normalized spacial score (nSPS) is 24.1. The van der Waals surface area contributed by atoms with Crippen LogP contribution in [0.1, 0.15) is 24.5 Å². The highest BCUT2D eigenvalue weighted by Gasteiger charge is 2.58. The Labute approximate surface area is 138 Å². The molecule has 0 saturated heterocycles. The molecule has 0 bridgehead atoms.